The molecular weight excluding hydrogens is 310 g/mol. The van der Waals surface area contributed by atoms with Crippen LogP contribution < -0.4 is 0 Å². The van der Waals surface area contributed by atoms with Crippen molar-refractivity contribution in [3.8, 4) is 0 Å². The first-order valence-corrected chi connectivity index (χ1v) is 8.98. The summed E-state index contributed by atoms with van der Waals surface area (Å²) in [4.78, 5) is 30.7. The fraction of sp³-hybridized carbons (Fsp3) is 0.882. The van der Waals surface area contributed by atoms with Gasteiger partial charge in [-0.1, -0.05) is 0 Å². The summed E-state index contributed by atoms with van der Waals surface area (Å²) in [6.07, 6.45) is 2.76. The Hall–Kier alpha value is -1.18. The monoisotopic (exact) mass is 339 g/mol. The van der Waals surface area contributed by atoms with E-state index in [0.29, 0.717) is 39.3 Å². The fourth-order valence-corrected chi connectivity index (χ4v) is 3.84. The number of hydrogen-bond donors (Lipinski definition) is 0. The van der Waals surface area contributed by atoms with Crippen LogP contribution in [0.15, 0.2) is 0 Å². The molecule has 3 aliphatic rings. The summed E-state index contributed by atoms with van der Waals surface area (Å²) in [5, 5.41) is 0. The van der Waals surface area contributed by atoms with E-state index in [2.05, 4.69) is 4.90 Å². The Labute approximate surface area is 143 Å². The lowest BCUT2D eigenvalue weighted by Gasteiger charge is -2.38. The maximum Gasteiger partial charge on any atom is 0.228 e. The molecule has 24 heavy (non-hydrogen) atoms. The van der Waals surface area contributed by atoms with Gasteiger partial charge < -0.3 is 24.2 Å². The third-order valence-corrected chi connectivity index (χ3v) is 5.25. The van der Waals surface area contributed by atoms with Gasteiger partial charge in [0.25, 0.3) is 0 Å². The van der Waals surface area contributed by atoms with Crippen molar-refractivity contribution in [2.24, 2.45) is 5.92 Å². The van der Waals surface area contributed by atoms with Gasteiger partial charge >= 0.3 is 0 Å². The molecule has 1 atom stereocenters. The van der Waals surface area contributed by atoms with Crippen LogP contribution >= 0.6 is 0 Å². The van der Waals surface area contributed by atoms with Gasteiger partial charge in [0.1, 0.15) is 0 Å². The number of likely N-dealkylation sites (tertiary alicyclic amines) is 2. The number of carbonyl (C=O) groups excluding carboxylic acids is 2. The molecule has 1 unspecified atom stereocenters. The predicted octanol–water partition coefficient (Wildman–Crippen LogP) is 0.152. The highest BCUT2D eigenvalue weighted by atomic mass is 16.7. The quantitative estimate of drug-likeness (QED) is 0.714. The Morgan fingerprint density at radius 2 is 1.92 bits per heavy atom. The average Bonchev–Trinajstić information content (AvgIpc) is 3.15. The summed E-state index contributed by atoms with van der Waals surface area (Å²) in [7, 11) is 4.05. The van der Waals surface area contributed by atoms with Crippen LogP contribution in [0.1, 0.15) is 25.7 Å². The van der Waals surface area contributed by atoms with Gasteiger partial charge in [0.15, 0.2) is 5.79 Å². The maximum absolute atomic E-state index is 12.7. The second kappa shape index (κ2) is 7.37. The lowest BCUT2D eigenvalue weighted by atomic mass is 10.0. The van der Waals surface area contributed by atoms with Gasteiger partial charge in [-0.15, -0.1) is 0 Å². The van der Waals surface area contributed by atoms with E-state index in [9.17, 15) is 9.59 Å². The Bertz CT molecular complexity index is 466. The zero-order valence-electron chi connectivity index (χ0n) is 14.8. The molecule has 0 aliphatic carbocycles. The highest BCUT2D eigenvalue weighted by molar-refractivity contribution is 5.89. The first kappa shape index (κ1) is 17.6. The van der Waals surface area contributed by atoms with Crippen molar-refractivity contribution in [1.82, 2.24) is 14.7 Å². The molecule has 0 N–H and O–H groups in total. The second-order valence-electron chi connectivity index (χ2n) is 7.33. The van der Waals surface area contributed by atoms with Crippen molar-refractivity contribution in [3.63, 3.8) is 0 Å². The minimum absolute atomic E-state index is 0.114. The average molecular weight is 339 g/mol. The van der Waals surface area contributed by atoms with Gasteiger partial charge in [0.2, 0.25) is 11.8 Å². The minimum Gasteiger partial charge on any atom is -0.347 e. The Morgan fingerprint density at radius 1 is 1.25 bits per heavy atom. The highest BCUT2D eigenvalue weighted by Gasteiger charge is 2.43. The van der Waals surface area contributed by atoms with Crippen molar-refractivity contribution in [3.05, 3.63) is 0 Å². The van der Waals surface area contributed by atoms with E-state index in [-0.39, 0.29) is 17.7 Å². The molecule has 136 valence electrons. The molecule has 1 spiro atoms. The van der Waals surface area contributed by atoms with Gasteiger partial charge in [-0.25, -0.2) is 0 Å². The van der Waals surface area contributed by atoms with E-state index < -0.39 is 5.79 Å². The number of nitrogens with zero attached hydrogens (tertiary/aromatic N) is 3. The van der Waals surface area contributed by atoms with Crippen molar-refractivity contribution >= 4 is 11.8 Å². The normalized spacial score (nSPS) is 26.8. The van der Waals surface area contributed by atoms with Crippen LogP contribution in [0.25, 0.3) is 0 Å². The summed E-state index contributed by atoms with van der Waals surface area (Å²) >= 11 is 0. The van der Waals surface area contributed by atoms with Gasteiger partial charge in [-0.3, -0.25) is 9.59 Å². The molecule has 0 saturated carbocycles. The van der Waals surface area contributed by atoms with Gasteiger partial charge in [0.05, 0.1) is 19.1 Å². The van der Waals surface area contributed by atoms with Crippen LogP contribution in [0.4, 0.5) is 0 Å². The molecule has 3 aliphatic heterocycles. The molecule has 0 bridgehead atoms. The number of carbonyl (C=O) groups is 2. The summed E-state index contributed by atoms with van der Waals surface area (Å²) in [5.74, 6) is -0.411. The zero-order chi connectivity index (χ0) is 17.2. The standard InChI is InChI=1S/C17H29N3O4/c1-18(2)6-3-7-20-13-14(12-15(20)21)16(22)19-8-4-17(5-9-19)23-10-11-24-17/h14H,3-13H2,1-2H3. The minimum atomic E-state index is -0.458. The molecule has 3 saturated heterocycles. The molecule has 3 rings (SSSR count). The topological polar surface area (TPSA) is 62.3 Å². The van der Waals surface area contributed by atoms with Crippen LogP contribution in [0, 0.1) is 5.92 Å². The summed E-state index contributed by atoms with van der Waals surface area (Å²) in [6, 6.07) is 0. The largest absolute Gasteiger partial charge is 0.347 e. The molecule has 7 nitrogen and oxygen atoms in total. The van der Waals surface area contributed by atoms with Crippen LogP contribution in [-0.2, 0) is 19.1 Å². The van der Waals surface area contributed by atoms with Crippen LogP contribution in [0.3, 0.4) is 0 Å². The van der Waals surface area contributed by atoms with E-state index >= 15 is 0 Å². The lowest BCUT2D eigenvalue weighted by Crippen LogP contribution is -2.49. The molecule has 7 heteroatoms. The molecule has 2 amide bonds. The zero-order valence-corrected chi connectivity index (χ0v) is 14.8. The van der Waals surface area contributed by atoms with Gasteiger partial charge in [-0.2, -0.15) is 0 Å². The molecule has 0 aromatic carbocycles. The predicted molar refractivity (Wildman–Crippen MR) is 88.3 cm³/mol. The molecule has 0 radical (unpaired) electrons. The van der Waals surface area contributed by atoms with E-state index in [1.165, 1.54) is 0 Å². The van der Waals surface area contributed by atoms with Crippen LogP contribution in [0.2, 0.25) is 0 Å². The lowest BCUT2D eigenvalue weighted by molar-refractivity contribution is -0.188. The SMILES string of the molecule is CN(C)CCCN1CC(C(=O)N2CCC3(CC2)OCCO3)CC1=O. The summed E-state index contributed by atoms with van der Waals surface area (Å²) in [6.45, 7) is 4.87. The number of piperidine rings is 1. The second-order valence-corrected chi connectivity index (χ2v) is 7.33. The smallest absolute Gasteiger partial charge is 0.228 e. The van der Waals surface area contributed by atoms with Crippen LogP contribution in [-0.4, -0.2) is 92.3 Å². The maximum atomic E-state index is 12.7. The molecule has 3 fully saturated rings. The molecule has 0 aromatic heterocycles. The first-order valence-electron chi connectivity index (χ1n) is 8.98. The van der Waals surface area contributed by atoms with Crippen molar-refractivity contribution < 1.29 is 19.1 Å². The van der Waals surface area contributed by atoms with Gasteiger partial charge in [0, 0.05) is 45.4 Å². The summed E-state index contributed by atoms with van der Waals surface area (Å²) in [5.41, 5.74) is 0. The molecule has 3 heterocycles. The number of ether oxygens (including phenoxy) is 2. The fourth-order valence-electron chi connectivity index (χ4n) is 3.84. The van der Waals surface area contributed by atoms with E-state index in [4.69, 9.17) is 9.47 Å². The highest BCUT2D eigenvalue weighted by Crippen LogP contribution is 2.32. The first-order chi connectivity index (χ1) is 11.5. The van der Waals surface area contributed by atoms with Crippen molar-refractivity contribution in [2.75, 3.05) is 60.0 Å². The Morgan fingerprint density at radius 3 is 2.54 bits per heavy atom. The van der Waals surface area contributed by atoms with Crippen molar-refractivity contribution in [2.45, 2.75) is 31.5 Å². The number of hydrogen-bond acceptors (Lipinski definition) is 5. The number of rotatable bonds is 5. The van der Waals surface area contributed by atoms with E-state index in [1.54, 1.807) is 0 Å². The van der Waals surface area contributed by atoms with E-state index in [0.717, 1.165) is 32.4 Å². The summed E-state index contributed by atoms with van der Waals surface area (Å²) < 4.78 is 11.4. The third kappa shape index (κ3) is 3.90. The Balaban J connectivity index is 1.46. The third-order valence-electron chi connectivity index (χ3n) is 5.25. The van der Waals surface area contributed by atoms with Crippen molar-refractivity contribution in [1.29, 1.82) is 0 Å². The van der Waals surface area contributed by atoms with Gasteiger partial charge in [-0.05, 0) is 27.1 Å². The Kier molecular flexibility index (Phi) is 5.42. The van der Waals surface area contributed by atoms with E-state index in [1.807, 2.05) is 23.9 Å². The van der Waals surface area contributed by atoms with Crippen LogP contribution in [0.5, 0.6) is 0 Å². The number of amides is 2. The molecular formula is C17H29N3O4. The molecule has 0 aromatic rings.